The van der Waals surface area contributed by atoms with Gasteiger partial charge in [-0.15, -0.1) is 0 Å². The molecule has 2 unspecified atom stereocenters. The van der Waals surface area contributed by atoms with Crippen molar-refractivity contribution in [2.24, 2.45) is 0 Å². The number of benzene rings is 2. The smallest absolute Gasteiger partial charge is 0.172 e. The van der Waals surface area contributed by atoms with Crippen molar-refractivity contribution in [1.82, 2.24) is 4.90 Å². The molecule has 0 saturated carbocycles. The van der Waals surface area contributed by atoms with Crippen molar-refractivity contribution in [3.63, 3.8) is 0 Å². The van der Waals surface area contributed by atoms with Crippen molar-refractivity contribution in [3.05, 3.63) is 83.3 Å². The van der Waals surface area contributed by atoms with E-state index in [0.29, 0.717) is 5.11 Å². The molecule has 0 aliphatic carbocycles. The second-order valence-corrected chi connectivity index (χ2v) is 7.03. The van der Waals surface area contributed by atoms with E-state index in [-0.39, 0.29) is 12.1 Å². The molecule has 1 fully saturated rings. The van der Waals surface area contributed by atoms with Gasteiger partial charge in [0.05, 0.1) is 14.2 Å². The molecule has 0 spiro atoms. The second-order valence-electron chi connectivity index (χ2n) is 6.65. The van der Waals surface area contributed by atoms with Crippen LogP contribution in [0.4, 0.5) is 5.69 Å². The van der Waals surface area contributed by atoms with Gasteiger partial charge in [-0.2, -0.15) is 6.20 Å². The summed E-state index contributed by atoms with van der Waals surface area (Å²) in [4.78, 5) is 2.14. The molecule has 2 atom stereocenters. The molecule has 0 bridgehead atoms. The van der Waals surface area contributed by atoms with E-state index in [4.69, 9.17) is 21.7 Å². The first-order valence-corrected chi connectivity index (χ1v) is 9.53. The first-order chi connectivity index (χ1) is 13.7. The van der Waals surface area contributed by atoms with Crippen LogP contribution in [0, 0.1) is 0 Å². The third kappa shape index (κ3) is 3.43. The van der Waals surface area contributed by atoms with Gasteiger partial charge in [0.15, 0.2) is 16.6 Å². The zero-order valence-electron chi connectivity index (χ0n) is 15.8. The Morgan fingerprint density at radius 1 is 1.11 bits per heavy atom. The molecule has 0 aromatic heterocycles. The Balaban J connectivity index is 1.62. The molecule has 2 aliphatic heterocycles. The van der Waals surface area contributed by atoms with Crippen LogP contribution in [0.3, 0.4) is 0 Å². The number of para-hydroxylation sites is 1. The molecular weight excluding hydrogens is 370 g/mol. The largest absolute Gasteiger partial charge is 0.668 e. The lowest BCUT2D eigenvalue weighted by molar-refractivity contribution is 0.354. The second kappa shape index (κ2) is 7.94. The molecule has 4 rings (SSSR count). The van der Waals surface area contributed by atoms with Crippen LogP contribution in [-0.4, -0.2) is 36.9 Å². The summed E-state index contributed by atoms with van der Waals surface area (Å²) in [5.74, 6) is 1.62. The molecule has 144 valence electrons. The molecule has 6 heteroatoms. The van der Waals surface area contributed by atoms with Gasteiger partial charge in [-0.25, -0.2) is 0 Å². The van der Waals surface area contributed by atoms with Gasteiger partial charge in [0.25, 0.3) is 0 Å². The van der Waals surface area contributed by atoms with Gasteiger partial charge in [0.1, 0.15) is 0 Å². The number of nitrogens with zero attached hydrogens (tertiary/aromatic N) is 2. The third-order valence-electron chi connectivity index (χ3n) is 5.07. The number of hydrogen-bond donors (Lipinski definition) is 1. The normalized spacial score (nSPS) is 20.1. The number of nitrogens with one attached hydrogen (secondary N) is 1. The summed E-state index contributed by atoms with van der Waals surface area (Å²) in [5.41, 5.74) is 3.36. The molecule has 5 nitrogen and oxygen atoms in total. The lowest BCUT2D eigenvalue weighted by Gasteiger charge is -2.38. The summed E-state index contributed by atoms with van der Waals surface area (Å²) in [6.07, 6.45) is 5.87. The number of allylic oxidation sites excluding steroid dienone is 2. The van der Waals surface area contributed by atoms with Crippen LogP contribution < -0.4 is 14.8 Å². The summed E-state index contributed by atoms with van der Waals surface area (Å²) < 4.78 is 10.9. The van der Waals surface area contributed by atoms with E-state index < -0.39 is 0 Å². The topological polar surface area (TPSA) is 47.8 Å². The molecule has 2 heterocycles. The maximum atomic E-state index is 5.71. The quantitative estimate of drug-likeness (QED) is 0.768. The maximum absolute atomic E-state index is 5.71. The van der Waals surface area contributed by atoms with E-state index >= 15 is 0 Å². The number of ether oxygens (including phenoxy) is 2. The first-order valence-electron chi connectivity index (χ1n) is 9.12. The Hall–Kier alpha value is -2.99. The summed E-state index contributed by atoms with van der Waals surface area (Å²) in [6, 6.07) is 16.0. The highest BCUT2D eigenvalue weighted by atomic mass is 32.1. The van der Waals surface area contributed by atoms with E-state index in [9.17, 15) is 0 Å². The van der Waals surface area contributed by atoms with Crippen LogP contribution in [0.15, 0.2) is 72.5 Å². The molecule has 1 saturated heterocycles. The zero-order chi connectivity index (χ0) is 19.5. The van der Waals surface area contributed by atoms with Crippen LogP contribution in [-0.2, 0) is 0 Å². The van der Waals surface area contributed by atoms with Crippen LogP contribution >= 0.6 is 12.2 Å². The number of thiocarbonyl (C=S) groups is 1. The van der Waals surface area contributed by atoms with Crippen LogP contribution in [0.5, 0.6) is 11.5 Å². The fourth-order valence-corrected chi connectivity index (χ4v) is 3.99. The fourth-order valence-electron chi connectivity index (χ4n) is 3.69. The number of rotatable bonds is 4. The number of hydrogen-bond acceptors (Lipinski definition) is 3. The third-order valence-corrected chi connectivity index (χ3v) is 5.41. The highest BCUT2D eigenvalue weighted by molar-refractivity contribution is 7.80. The lowest BCUT2D eigenvalue weighted by Crippen LogP contribution is -2.38. The highest BCUT2D eigenvalue weighted by Crippen LogP contribution is 2.43. The van der Waals surface area contributed by atoms with E-state index in [1.54, 1.807) is 14.2 Å². The number of methoxy groups -OCH3 is 2. The minimum Gasteiger partial charge on any atom is -0.668 e. The SMILES string of the molecule is COc1ccc(C2CN(C(=S)Nc3ccccc3)C3[N-]C=CC=C23)cc1OC. The minimum atomic E-state index is -0.0909. The predicted octanol–water partition coefficient (Wildman–Crippen LogP) is 4.65. The van der Waals surface area contributed by atoms with Crippen LogP contribution in [0.25, 0.3) is 5.32 Å². The summed E-state index contributed by atoms with van der Waals surface area (Å²) in [5, 5.41) is 8.68. The number of fused-ring (bicyclic) bond motifs is 1. The van der Waals surface area contributed by atoms with E-state index in [1.165, 1.54) is 5.57 Å². The van der Waals surface area contributed by atoms with E-state index in [1.807, 2.05) is 54.7 Å². The summed E-state index contributed by atoms with van der Waals surface area (Å²) >= 11 is 5.71. The van der Waals surface area contributed by atoms with Crippen LogP contribution in [0.2, 0.25) is 0 Å². The Labute approximate surface area is 170 Å². The van der Waals surface area contributed by atoms with Gasteiger partial charge in [-0.3, -0.25) is 0 Å². The van der Waals surface area contributed by atoms with E-state index in [0.717, 1.165) is 29.3 Å². The van der Waals surface area contributed by atoms with Crippen molar-refractivity contribution >= 4 is 23.0 Å². The van der Waals surface area contributed by atoms with E-state index in [2.05, 4.69) is 27.7 Å². The van der Waals surface area contributed by atoms with Crippen molar-refractivity contribution in [3.8, 4) is 11.5 Å². The van der Waals surface area contributed by atoms with Crippen molar-refractivity contribution in [1.29, 1.82) is 0 Å². The van der Waals surface area contributed by atoms with Crippen molar-refractivity contribution in [2.45, 2.75) is 12.1 Å². The molecule has 0 radical (unpaired) electrons. The molecular formula is C22H22N3O2S-. The number of likely N-dealkylation sites (tertiary alicyclic amines) is 1. The Kier molecular flexibility index (Phi) is 5.21. The predicted molar refractivity (Wildman–Crippen MR) is 116 cm³/mol. The summed E-state index contributed by atoms with van der Waals surface area (Å²) in [7, 11) is 3.30. The first kappa shape index (κ1) is 18.4. The molecule has 0 amide bonds. The van der Waals surface area contributed by atoms with Gasteiger partial charge in [-0.05, 0) is 48.2 Å². The minimum absolute atomic E-state index is 0.0909. The van der Waals surface area contributed by atoms with Gasteiger partial charge in [-0.1, -0.05) is 42.0 Å². The Bertz CT molecular complexity index is 927. The maximum Gasteiger partial charge on any atom is 0.172 e. The Morgan fingerprint density at radius 2 is 1.89 bits per heavy atom. The number of anilines is 1. The zero-order valence-corrected chi connectivity index (χ0v) is 16.6. The highest BCUT2D eigenvalue weighted by Gasteiger charge is 2.34. The van der Waals surface area contributed by atoms with Crippen molar-refractivity contribution < 1.29 is 9.47 Å². The Morgan fingerprint density at radius 3 is 2.64 bits per heavy atom. The van der Waals surface area contributed by atoms with Crippen LogP contribution in [0.1, 0.15) is 11.5 Å². The average Bonchev–Trinajstić information content (AvgIpc) is 3.14. The van der Waals surface area contributed by atoms with Gasteiger partial charge in [0.2, 0.25) is 0 Å². The fraction of sp³-hybridized carbons (Fsp3) is 0.227. The van der Waals surface area contributed by atoms with Crippen molar-refractivity contribution in [2.75, 3.05) is 26.1 Å². The van der Waals surface area contributed by atoms with Gasteiger partial charge >= 0.3 is 0 Å². The summed E-state index contributed by atoms with van der Waals surface area (Å²) in [6.45, 7) is 0.746. The van der Waals surface area contributed by atoms with Gasteiger partial charge < -0.3 is 25.0 Å². The molecule has 28 heavy (non-hydrogen) atoms. The lowest BCUT2D eigenvalue weighted by atomic mass is 9.91. The molecule has 1 N–H and O–H groups in total. The monoisotopic (exact) mass is 392 g/mol. The standard InChI is InChI=1S/C22H22N3O2S/c1-26-19-11-10-15(13-20(19)27-2)18-14-25(21-17(18)9-6-12-23-21)22(28)24-16-7-4-3-5-8-16/h3-13,18,21H,14H2,1-2H3,(H,24,28)/q-1. The average molecular weight is 393 g/mol. The molecule has 2 aromatic carbocycles. The molecule has 2 aromatic rings. The molecule has 2 aliphatic rings. The van der Waals surface area contributed by atoms with Gasteiger partial charge in [0, 0.05) is 18.2 Å².